The second kappa shape index (κ2) is 10.3. The highest BCUT2D eigenvalue weighted by atomic mass is 16.5. The Kier molecular flexibility index (Phi) is 7.07. The van der Waals surface area contributed by atoms with Crippen LogP contribution in [-0.2, 0) is 4.74 Å². The van der Waals surface area contributed by atoms with Crippen molar-refractivity contribution in [2.75, 3.05) is 19.5 Å². The summed E-state index contributed by atoms with van der Waals surface area (Å²) < 4.78 is 12.6. The summed E-state index contributed by atoms with van der Waals surface area (Å²) in [6.07, 6.45) is 6.70. The summed E-state index contributed by atoms with van der Waals surface area (Å²) in [7, 11) is 1.62. The number of methoxy groups -OCH3 is 1. The first-order valence-electron chi connectivity index (χ1n) is 11.5. The Bertz CT molecular complexity index is 1250. The van der Waals surface area contributed by atoms with Crippen molar-refractivity contribution in [3.8, 4) is 11.4 Å². The van der Waals surface area contributed by atoms with Gasteiger partial charge >= 0.3 is 5.97 Å². The molecular formula is C26H30N4O3. The van der Waals surface area contributed by atoms with Gasteiger partial charge in [-0.2, -0.15) is 0 Å². The molecule has 2 N–H and O–H groups in total. The van der Waals surface area contributed by atoms with E-state index in [0.29, 0.717) is 23.3 Å². The van der Waals surface area contributed by atoms with Gasteiger partial charge in [0.25, 0.3) is 0 Å². The Morgan fingerprint density at radius 1 is 0.939 bits per heavy atom. The molecule has 0 saturated heterocycles. The average molecular weight is 447 g/mol. The molecule has 0 amide bonds. The number of rotatable bonds is 10. The number of nitrogens with zero attached hydrogens (tertiary/aromatic N) is 3. The molecule has 0 radical (unpaired) electrons. The van der Waals surface area contributed by atoms with E-state index in [1.807, 2.05) is 48.5 Å². The van der Waals surface area contributed by atoms with Crippen molar-refractivity contribution in [3.63, 3.8) is 0 Å². The van der Waals surface area contributed by atoms with Gasteiger partial charge in [-0.1, -0.05) is 51.2 Å². The van der Waals surface area contributed by atoms with E-state index >= 15 is 0 Å². The second-order valence-corrected chi connectivity index (χ2v) is 8.08. The predicted molar refractivity (Wildman–Crippen MR) is 131 cm³/mol. The van der Waals surface area contributed by atoms with E-state index in [-0.39, 0.29) is 11.4 Å². The quantitative estimate of drug-likeness (QED) is 0.249. The Morgan fingerprint density at radius 2 is 1.61 bits per heavy atom. The third kappa shape index (κ3) is 4.77. The first kappa shape index (κ1) is 22.6. The largest absolute Gasteiger partial charge is 0.497 e. The number of nitrogen functional groups attached to an aromatic ring is 1. The van der Waals surface area contributed by atoms with E-state index in [1.54, 1.807) is 11.7 Å². The van der Waals surface area contributed by atoms with E-state index in [9.17, 15) is 4.79 Å². The van der Waals surface area contributed by atoms with Gasteiger partial charge in [-0.3, -0.25) is 4.57 Å². The Labute approximate surface area is 193 Å². The summed E-state index contributed by atoms with van der Waals surface area (Å²) in [6.45, 7) is 2.56. The van der Waals surface area contributed by atoms with Crippen molar-refractivity contribution in [2.45, 2.75) is 45.4 Å². The molecule has 0 aliphatic carbocycles. The van der Waals surface area contributed by atoms with Crippen LogP contribution in [-0.4, -0.2) is 34.2 Å². The molecule has 0 unspecified atom stereocenters. The molecule has 0 aliphatic heterocycles. The predicted octanol–water partition coefficient (Wildman–Crippen LogP) is 5.68. The standard InChI is InChI=1S/C26H30N4O3/c1-3-4-5-6-7-10-17-33-26(31)22-23-25(29-21-12-9-8-11-20(21)28-23)30(24(22)27)18-13-15-19(32-2)16-14-18/h8-9,11-16H,3-7,10,17,27H2,1-2H3. The Hall–Kier alpha value is -3.61. The Balaban J connectivity index is 1.68. The van der Waals surface area contributed by atoms with Gasteiger partial charge in [0.1, 0.15) is 22.6 Å². The van der Waals surface area contributed by atoms with Gasteiger partial charge in [-0.25, -0.2) is 14.8 Å². The topological polar surface area (TPSA) is 92.3 Å². The summed E-state index contributed by atoms with van der Waals surface area (Å²) in [5.74, 6) is 0.519. The van der Waals surface area contributed by atoms with Gasteiger partial charge in [0, 0.05) is 5.69 Å². The summed E-state index contributed by atoms with van der Waals surface area (Å²) in [5.41, 5.74) is 9.91. The summed E-state index contributed by atoms with van der Waals surface area (Å²) in [5, 5.41) is 0. The number of carbonyl (C=O) groups is 1. The molecule has 0 atom stereocenters. The first-order chi connectivity index (χ1) is 16.1. The van der Waals surface area contributed by atoms with Crippen LogP contribution in [0.1, 0.15) is 55.8 Å². The van der Waals surface area contributed by atoms with E-state index in [0.717, 1.165) is 36.2 Å². The van der Waals surface area contributed by atoms with Crippen molar-refractivity contribution >= 4 is 34.0 Å². The fourth-order valence-corrected chi connectivity index (χ4v) is 3.97. The average Bonchev–Trinajstić information content (AvgIpc) is 3.12. The number of unbranched alkanes of at least 4 members (excludes halogenated alkanes) is 5. The van der Waals surface area contributed by atoms with Crippen LogP contribution in [0, 0.1) is 0 Å². The number of ether oxygens (including phenoxy) is 2. The molecule has 0 aliphatic rings. The molecule has 0 bridgehead atoms. The van der Waals surface area contributed by atoms with Crippen LogP contribution >= 0.6 is 0 Å². The maximum Gasteiger partial charge on any atom is 0.344 e. The number of fused-ring (bicyclic) bond motifs is 2. The fourth-order valence-electron chi connectivity index (χ4n) is 3.97. The zero-order valence-electron chi connectivity index (χ0n) is 19.2. The lowest BCUT2D eigenvalue weighted by Crippen LogP contribution is -2.10. The van der Waals surface area contributed by atoms with Crippen LogP contribution in [0.15, 0.2) is 48.5 Å². The minimum absolute atomic E-state index is 0.255. The number of para-hydroxylation sites is 2. The van der Waals surface area contributed by atoms with Gasteiger partial charge in [0.05, 0.1) is 24.8 Å². The molecule has 4 aromatic rings. The molecule has 0 spiro atoms. The number of carbonyl (C=O) groups excluding carboxylic acids is 1. The van der Waals surface area contributed by atoms with Crippen molar-refractivity contribution in [3.05, 3.63) is 54.1 Å². The first-order valence-corrected chi connectivity index (χ1v) is 11.5. The Morgan fingerprint density at radius 3 is 2.30 bits per heavy atom. The van der Waals surface area contributed by atoms with Crippen LogP contribution in [0.3, 0.4) is 0 Å². The monoisotopic (exact) mass is 446 g/mol. The molecule has 33 heavy (non-hydrogen) atoms. The highest BCUT2D eigenvalue weighted by Crippen LogP contribution is 2.32. The summed E-state index contributed by atoms with van der Waals surface area (Å²) in [6, 6.07) is 15.0. The second-order valence-electron chi connectivity index (χ2n) is 8.08. The van der Waals surface area contributed by atoms with Crippen molar-refractivity contribution < 1.29 is 14.3 Å². The lowest BCUT2D eigenvalue weighted by molar-refractivity contribution is 0.0501. The SMILES string of the molecule is CCCCCCCCOC(=O)c1c(N)n(-c2ccc(OC)cc2)c2nc3ccccc3nc12. The van der Waals surface area contributed by atoms with Gasteiger partial charge in [0.15, 0.2) is 5.65 Å². The number of hydrogen-bond donors (Lipinski definition) is 1. The molecule has 0 saturated carbocycles. The molecule has 2 aromatic carbocycles. The molecular weight excluding hydrogens is 416 g/mol. The maximum atomic E-state index is 13.1. The number of nitrogens with two attached hydrogens (primary N) is 1. The smallest absolute Gasteiger partial charge is 0.344 e. The molecule has 4 rings (SSSR count). The highest BCUT2D eigenvalue weighted by Gasteiger charge is 2.26. The maximum absolute atomic E-state index is 13.1. The summed E-state index contributed by atoms with van der Waals surface area (Å²) >= 11 is 0. The summed E-state index contributed by atoms with van der Waals surface area (Å²) in [4.78, 5) is 22.6. The lowest BCUT2D eigenvalue weighted by atomic mass is 10.1. The third-order valence-corrected chi connectivity index (χ3v) is 5.76. The normalized spacial score (nSPS) is 11.2. The van der Waals surface area contributed by atoms with Crippen molar-refractivity contribution in [1.82, 2.24) is 14.5 Å². The molecule has 7 nitrogen and oxygen atoms in total. The minimum atomic E-state index is -0.470. The van der Waals surface area contributed by atoms with Crippen LogP contribution in [0.25, 0.3) is 27.9 Å². The van der Waals surface area contributed by atoms with Crippen LogP contribution < -0.4 is 10.5 Å². The van der Waals surface area contributed by atoms with Gasteiger partial charge in [-0.15, -0.1) is 0 Å². The van der Waals surface area contributed by atoms with Gasteiger partial charge in [-0.05, 0) is 42.8 Å². The fraction of sp³-hybridized carbons (Fsp3) is 0.346. The molecule has 0 fully saturated rings. The number of hydrogen-bond acceptors (Lipinski definition) is 6. The zero-order valence-corrected chi connectivity index (χ0v) is 19.2. The van der Waals surface area contributed by atoms with Crippen molar-refractivity contribution in [2.24, 2.45) is 0 Å². The highest BCUT2D eigenvalue weighted by molar-refractivity contribution is 6.09. The number of anilines is 1. The third-order valence-electron chi connectivity index (χ3n) is 5.76. The number of benzene rings is 2. The van der Waals surface area contributed by atoms with Gasteiger partial charge in [0.2, 0.25) is 0 Å². The molecule has 7 heteroatoms. The van der Waals surface area contributed by atoms with Crippen LogP contribution in [0.4, 0.5) is 5.82 Å². The van der Waals surface area contributed by atoms with E-state index < -0.39 is 5.97 Å². The minimum Gasteiger partial charge on any atom is -0.497 e. The van der Waals surface area contributed by atoms with Crippen LogP contribution in [0.2, 0.25) is 0 Å². The van der Waals surface area contributed by atoms with Gasteiger partial charge < -0.3 is 15.2 Å². The van der Waals surface area contributed by atoms with E-state index in [4.69, 9.17) is 25.2 Å². The molecule has 2 aromatic heterocycles. The van der Waals surface area contributed by atoms with Crippen molar-refractivity contribution in [1.29, 1.82) is 0 Å². The molecule has 172 valence electrons. The van der Waals surface area contributed by atoms with Crippen LogP contribution in [0.5, 0.6) is 5.75 Å². The zero-order chi connectivity index (χ0) is 23.2. The molecule has 2 heterocycles. The van der Waals surface area contributed by atoms with E-state index in [2.05, 4.69) is 6.92 Å². The van der Waals surface area contributed by atoms with E-state index in [1.165, 1.54) is 19.3 Å². The lowest BCUT2D eigenvalue weighted by Gasteiger charge is -2.09. The number of aromatic nitrogens is 3. The number of esters is 1.